The first-order valence-electron chi connectivity index (χ1n) is 4.48. The highest BCUT2D eigenvalue weighted by Crippen LogP contribution is 2.61. The first kappa shape index (κ1) is 10.2. The summed E-state index contributed by atoms with van der Waals surface area (Å²) >= 11 is 0. The van der Waals surface area contributed by atoms with Crippen molar-refractivity contribution in [1.29, 1.82) is 5.26 Å². The minimum Gasteiger partial charge on any atom is -0.385 e. The molecule has 13 heavy (non-hydrogen) atoms. The van der Waals surface area contributed by atoms with Gasteiger partial charge in [0.15, 0.2) is 5.78 Å². The van der Waals surface area contributed by atoms with Crippen LogP contribution in [0.3, 0.4) is 0 Å². The lowest BCUT2D eigenvalue weighted by Crippen LogP contribution is -2.22. The predicted octanol–water partition coefficient (Wildman–Crippen LogP) is 1.12. The summed E-state index contributed by atoms with van der Waals surface area (Å²) in [5, 5.41) is 18.1. The van der Waals surface area contributed by atoms with Crippen LogP contribution in [0.25, 0.3) is 0 Å². The fourth-order valence-electron chi connectivity index (χ4n) is 2.15. The van der Waals surface area contributed by atoms with Crippen LogP contribution in [0.5, 0.6) is 0 Å². The summed E-state index contributed by atoms with van der Waals surface area (Å²) in [6.07, 6.45) is -0.449. The topological polar surface area (TPSA) is 61.1 Å². The molecule has 0 heterocycles. The van der Waals surface area contributed by atoms with Crippen molar-refractivity contribution >= 4 is 5.78 Å². The van der Waals surface area contributed by atoms with Crippen molar-refractivity contribution in [2.24, 2.45) is 17.3 Å². The summed E-state index contributed by atoms with van der Waals surface area (Å²) in [5.41, 5.74) is -0.0547. The van der Waals surface area contributed by atoms with Crippen molar-refractivity contribution in [1.82, 2.24) is 0 Å². The van der Waals surface area contributed by atoms with Crippen LogP contribution in [-0.4, -0.2) is 17.0 Å². The molecule has 0 bridgehead atoms. The molecule has 3 atom stereocenters. The lowest BCUT2D eigenvalue weighted by Gasteiger charge is -2.07. The van der Waals surface area contributed by atoms with Gasteiger partial charge in [0, 0.05) is 12.3 Å². The molecule has 72 valence electrons. The van der Waals surface area contributed by atoms with E-state index >= 15 is 0 Å². The summed E-state index contributed by atoms with van der Waals surface area (Å²) in [6.45, 7) is 5.38. The van der Waals surface area contributed by atoms with E-state index in [0.717, 1.165) is 0 Å². The highest BCUT2D eigenvalue weighted by Gasteiger charge is 2.61. The number of nitriles is 1. The molecule has 1 N–H and O–H groups in total. The van der Waals surface area contributed by atoms with Gasteiger partial charge in [0.05, 0.1) is 6.07 Å². The number of rotatable bonds is 3. The number of nitrogens with zero attached hydrogens (tertiary/aromatic N) is 1. The molecule has 1 saturated carbocycles. The standard InChI is InChI=1S/C10H15NO2/c1-6(12)9(13)8-7(4-5-11)10(8,2)3/h7-9,13H,4H2,1-3H3/t7-,8+,9+/m0/s1. The van der Waals surface area contributed by atoms with Gasteiger partial charge in [-0.2, -0.15) is 5.26 Å². The van der Waals surface area contributed by atoms with Gasteiger partial charge in [0.2, 0.25) is 0 Å². The van der Waals surface area contributed by atoms with E-state index in [1.807, 2.05) is 13.8 Å². The molecule has 3 heteroatoms. The van der Waals surface area contributed by atoms with Gasteiger partial charge in [0.1, 0.15) is 6.10 Å². The Morgan fingerprint density at radius 3 is 2.62 bits per heavy atom. The smallest absolute Gasteiger partial charge is 0.158 e. The maximum absolute atomic E-state index is 10.9. The molecule has 0 aromatic carbocycles. The van der Waals surface area contributed by atoms with Crippen LogP contribution in [0.2, 0.25) is 0 Å². The van der Waals surface area contributed by atoms with Crippen molar-refractivity contribution in [3.8, 4) is 6.07 Å². The van der Waals surface area contributed by atoms with E-state index in [1.54, 1.807) is 0 Å². The Kier molecular flexibility index (Phi) is 2.44. The molecule has 0 spiro atoms. The van der Waals surface area contributed by atoms with Gasteiger partial charge in [-0.05, 0) is 18.3 Å². The molecular weight excluding hydrogens is 166 g/mol. The molecule has 1 aliphatic rings. The van der Waals surface area contributed by atoms with E-state index < -0.39 is 6.10 Å². The third-order valence-electron chi connectivity index (χ3n) is 3.21. The van der Waals surface area contributed by atoms with Crippen LogP contribution in [0.15, 0.2) is 0 Å². The van der Waals surface area contributed by atoms with Gasteiger partial charge >= 0.3 is 0 Å². The minimum atomic E-state index is -0.881. The normalized spacial score (nSPS) is 31.9. The van der Waals surface area contributed by atoms with Crippen molar-refractivity contribution in [3.05, 3.63) is 0 Å². The molecule has 0 aliphatic heterocycles. The van der Waals surface area contributed by atoms with E-state index in [-0.39, 0.29) is 23.0 Å². The molecule has 1 rings (SSSR count). The van der Waals surface area contributed by atoms with Crippen LogP contribution >= 0.6 is 0 Å². The van der Waals surface area contributed by atoms with Gasteiger partial charge in [0.25, 0.3) is 0 Å². The molecule has 0 aromatic heterocycles. The maximum Gasteiger partial charge on any atom is 0.158 e. The molecule has 1 aliphatic carbocycles. The van der Waals surface area contributed by atoms with Crippen molar-refractivity contribution in [2.45, 2.75) is 33.3 Å². The second-order valence-corrected chi connectivity index (χ2v) is 4.37. The summed E-state index contributed by atoms with van der Waals surface area (Å²) < 4.78 is 0. The quantitative estimate of drug-likeness (QED) is 0.709. The second kappa shape index (κ2) is 3.12. The number of carbonyl (C=O) groups excluding carboxylic acids is 1. The number of aliphatic hydroxyl groups is 1. The third-order valence-corrected chi connectivity index (χ3v) is 3.21. The highest BCUT2D eigenvalue weighted by atomic mass is 16.3. The Labute approximate surface area is 78.4 Å². The van der Waals surface area contributed by atoms with Gasteiger partial charge in [-0.1, -0.05) is 13.8 Å². The molecule has 0 amide bonds. The zero-order valence-electron chi connectivity index (χ0n) is 8.24. The monoisotopic (exact) mass is 181 g/mol. The molecule has 0 aromatic rings. The number of carbonyl (C=O) groups is 1. The van der Waals surface area contributed by atoms with Crippen LogP contribution < -0.4 is 0 Å². The van der Waals surface area contributed by atoms with Gasteiger partial charge in [-0.25, -0.2) is 0 Å². The molecule has 1 fully saturated rings. The van der Waals surface area contributed by atoms with Crippen molar-refractivity contribution < 1.29 is 9.90 Å². The van der Waals surface area contributed by atoms with Gasteiger partial charge in [-0.15, -0.1) is 0 Å². The molecule has 0 radical (unpaired) electrons. The number of aliphatic hydroxyl groups excluding tert-OH is 1. The van der Waals surface area contributed by atoms with Crippen molar-refractivity contribution in [2.75, 3.05) is 0 Å². The van der Waals surface area contributed by atoms with Crippen LogP contribution in [0, 0.1) is 28.6 Å². The van der Waals surface area contributed by atoms with Gasteiger partial charge in [-0.3, -0.25) is 4.79 Å². The lowest BCUT2D eigenvalue weighted by molar-refractivity contribution is -0.126. The average Bonchev–Trinajstić information content (AvgIpc) is 2.53. The lowest BCUT2D eigenvalue weighted by atomic mass is 10.0. The Hall–Kier alpha value is -0.880. The fourth-order valence-corrected chi connectivity index (χ4v) is 2.15. The number of hydrogen-bond acceptors (Lipinski definition) is 3. The summed E-state index contributed by atoms with van der Waals surface area (Å²) in [6, 6.07) is 2.09. The Bertz CT molecular complexity index is 265. The number of hydrogen-bond donors (Lipinski definition) is 1. The fraction of sp³-hybridized carbons (Fsp3) is 0.800. The van der Waals surface area contributed by atoms with Crippen molar-refractivity contribution in [3.63, 3.8) is 0 Å². The third kappa shape index (κ3) is 1.59. The molecule has 0 saturated heterocycles. The zero-order valence-corrected chi connectivity index (χ0v) is 8.24. The average molecular weight is 181 g/mol. The van der Waals surface area contributed by atoms with E-state index in [2.05, 4.69) is 6.07 Å². The number of Topliss-reactive ketones (excluding diaryl/α,β-unsaturated/α-hetero) is 1. The minimum absolute atomic E-state index is 0.0235. The van der Waals surface area contributed by atoms with E-state index in [0.29, 0.717) is 6.42 Å². The predicted molar refractivity (Wildman–Crippen MR) is 47.7 cm³/mol. The van der Waals surface area contributed by atoms with Gasteiger partial charge < -0.3 is 5.11 Å². The molecule has 3 nitrogen and oxygen atoms in total. The van der Waals surface area contributed by atoms with Crippen LogP contribution in [0.4, 0.5) is 0 Å². The largest absolute Gasteiger partial charge is 0.385 e. The second-order valence-electron chi connectivity index (χ2n) is 4.37. The number of ketones is 1. The Morgan fingerprint density at radius 2 is 2.23 bits per heavy atom. The van der Waals surface area contributed by atoms with E-state index in [1.165, 1.54) is 6.92 Å². The first-order chi connectivity index (χ1) is 5.92. The summed E-state index contributed by atoms with van der Waals surface area (Å²) in [4.78, 5) is 10.9. The van der Waals surface area contributed by atoms with Crippen LogP contribution in [-0.2, 0) is 4.79 Å². The summed E-state index contributed by atoms with van der Waals surface area (Å²) in [5.74, 6) is -0.0421. The first-order valence-corrected chi connectivity index (χ1v) is 4.48. The maximum atomic E-state index is 10.9. The zero-order chi connectivity index (χ0) is 10.2. The van der Waals surface area contributed by atoms with E-state index in [9.17, 15) is 9.90 Å². The highest BCUT2D eigenvalue weighted by molar-refractivity contribution is 5.81. The SMILES string of the molecule is CC(=O)[C@@H](O)[C@H]1[C@H](CC#N)C1(C)C. The summed E-state index contributed by atoms with van der Waals surface area (Å²) in [7, 11) is 0. The molecule has 0 unspecified atom stereocenters. The molecular formula is C10H15NO2. The van der Waals surface area contributed by atoms with Crippen LogP contribution in [0.1, 0.15) is 27.2 Å². The Balaban J connectivity index is 2.65. The van der Waals surface area contributed by atoms with E-state index in [4.69, 9.17) is 5.26 Å². The Morgan fingerprint density at radius 1 is 1.69 bits per heavy atom.